The maximum absolute atomic E-state index is 14.3. The number of ketones is 1. The van der Waals surface area contributed by atoms with Gasteiger partial charge < -0.3 is 36.4 Å². The van der Waals surface area contributed by atoms with Gasteiger partial charge in [0.1, 0.15) is 23.4 Å². The van der Waals surface area contributed by atoms with Crippen LogP contribution in [0.3, 0.4) is 0 Å². The van der Waals surface area contributed by atoms with Crippen molar-refractivity contribution >= 4 is 23.1 Å². The van der Waals surface area contributed by atoms with Crippen molar-refractivity contribution < 1.29 is 29.6 Å². The highest BCUT2D eigenvalue weighted by molar-refractivity contribution is 6.13. The predicted octanol–water partition coefficient (Wildman–Crippen LogP) is 2.57. The first kappa shape index (κ1) is 30.7. The van der Waals surface area contributed by atoms with E-state index >= 15 is 0 Å². The van der Waals surface area contributed by atoms with Gasteiger partial charge in [-0.2, -0.15) is 0 Å². The van der Waals surface area contributed by atoms with Crippen LogP contribution in [-0.2, 0) is 27.2 Å². The summed E-state index contributed by atoms with van der Waals surface area (Å²) >= 11 is 0. The Hall–Kier alpha value is -4.30. The number of benzene rings is 2. The van der Waals surface area contributed by atoms with Crippen LogP contribution in [-0.4, -0.2) is 83.4 Å². The molecule has 7 N–H and O–H groups in total. The third-order valence-electron chi connectivity index (χ3n) is 9.74. The number of epoxide rings is 1. The molecule has 236 valence electrons. The summed E-state index contributed by atoms with van der Waals surface area (Å²) in [5, 5.41) is 34.4. The molecule has 0 bridgehead atoms. The molecule has 1 saturated heterocycles. The lowest BCUT2D eigenvalue weighted by molar-refractivity contribution is -0.126. The van der Waals surface area contributed by atoms with Crippen LogP contribution < -0.4 is 16.4 Å². The van der Waals surface area contributed by atoms with Gasteiger partial charge in [0.05, 0.1) is 22.7 Å². The first-order valence-corrected chi connectivity index (χ1v) is 15.1. The summed E-state index contributed by atoms with van der Waals surface area (Å²) in [6.07, 6.45) is 0.782. The van der Waals surface area contributed by atoms with Crippen LogP contribution in [0, 0.1) is 23.7 Å². The molecule has 10 heteroatoms. The third kappa shape index (κ3) is 4.78. The summed E-state index contributed by atoms with van der Waals surface area (Å²) in [5.41, 5.74) is 13.3. The summed E-state index contributed by atoms with van der Waals surface area (Å²) < 4.78 is 5.99. The number of nitrogens with two attached hydrogens (primary N) is 2. The molecule has 2 aromatic rings. The largest absolute Gasteiger partial charge is 0.510 e. The average molecular weight is 613 g/mol. The second-order valence-electron chi connectivity index (χ2n) is 13.5. The fourth-order valence-electron chi connectivity index (χ4n) is 7.75. The number of rotatable bonds is 6. The molecule has 4 aliphatic rings. The normalized spacial score (nSPS) is 27.8. The Balaban J connectivity index is 1.40. The summed E-state index contributed by atoms with van der Waals surface area (Å²) in [6, 6.07) is 11.1. The number of phenolic OH excluding ortho intramolecular Hbond substituents is 1. The third-order valence-corrected chi connectivity index (χ3v) is 9.74. The second-order valence-corrected chi connectivity index (χ2v) is 13.5. The number of primary amides is 1. The Morgan fingerprint density at radius 2 is 1.84 bits per heavy atom. The molecule has 6 atom stereocenters. The number of ether oxygens (including phenoxy) is 1. The van der Waals surface area contributed by atoms with Crippen LogP contribution in [0.1, 0.15) is 42.0 Å². The highest BCUT2D eigenvalue weighted by atomic mass is 16.6. The van der Waals surface area contributed by atoms with Gasteiger partial charge in [0.15, 0.2) is 11.4 Å². The van der Waals surface area contributed by atoms with E-state index in [0.717, 1.165) is 11.3 Å². The van der Waals surface area contributed by atoms with Crippen LogP contribution in [0.4, 0.5) is 5.69 Å². The van der Waals surface area contributed by atoms with E-state index in [9.17, 15) is 24.9 Å². The topological polar surface area (TPSA) is 166 Å². The van der Waals surface area contributed by atoms with E-state index in [-0.39, 0.29) is 34.0 Å². The molecule has 1 heterocycles. The molecular weight excluding hydrogens is 572 g/mol. The van der Waals surface area contributed by atoms with Gasteiger partial charge in [-0.05, 0) is 63.4 Å². The molecule has 0 radical (unpaired) electrons. The van der Waals surface area contributed by atoms with E-state index < -0.39 is 46.8 Å². The monoisotopic (exact) mass is 612 g/mol. The highest BCUT2D eigenvalue weighted by Gasteiger charge is 2.76. The van der Waals surface area contributed by atoms with Gasteiger partial charge in [0.2, 0.25) is 0 Å². The number of aliphatic hydroxyl groups is 2. The number of nitrogens with zero attached hydrogens (tertiary/aromatic N) is 2. The fourth-order valence-corrected chi connectivity index (χ4v) is 7.75. The van der Waals surface area contributed by atoms with Crippen molar-refractivity contribution in [3.63, 3.8) is 0 Å². The van der Waals surface area contributed by atoms with Crippen molar-refractivity contribution in [3.8, 4) is 17.6 Å². The lowest BCUT2D eigenvalue weighted by atomic mass is 9.59. The molecule has 1 amide bonds. The molecule has 2 fully saturated rings. The second kappa shape index (κ2) is 10.7. The van der Waals surface area contributed by atoms with Gasteiger partial charge >= 0.3 is 0 Å². The number of hydrogen-bond acceptors (Lipinski definition) is 9. The minimum Gasteiger partial charge on any atom is -0.510 e. The molecule has 6 rings (SSSR count). The van der Waals surface area contributed by atoms with Gasteiger partial charge in [-0.1, -0.05) is 42.2 Å². The van der Waals surface area contributed by atoms with Gasteiger partial charge in [-0.3, -0.25) is 14.5 Å². The van der Waals surface area contributed by atoms with Crippen LogP contribution in [0.15, 0.2) is 53.3 Å². The number of aromatic hydroxyl groups is 1. The molecule has 1 aliphatic heterocycles. The molecular formula is C35H40N4O6. The Labute approximate surface area is 262 Å². The standard InChI is InChI=1S/C35H40N4O6/c1-34(37,17-18-10-7-6-8-11-18)13-9-12-19-16-23(38(2)3)21-14-20-15-22-27(39(4)5)30(42)26(33(36)44)32-35(22,45-32)31(43)24(20)29(41)25(21)28(19)40/h6-8,10-11,16,20,22,27,32,40-42H,13-15,17,37H2,1-5H3,(H2,36,44)/t20-,22-,27-,32?,34?,35-/m0/s1. The highest BCUT2D eigenvalue weighted by Crippen LogP contribution is 2.62. The lowest BCUT2D eigenvalue weighted by Crippen LogP contribution is -2.57. The smallest absolute Gasteiger partial charge is 0.250 e. The summed E-state index contributed by atoms with van der Waals surface area (Å²) in [7, 11) is 7.27. The van der Waals surface area contributed by atoms with Crippen LogP contribution >= 0.6 is 0 Å². The number of hydrogen-bond donors (Lipinski definition) is 5. The zero-order chi connectivity index (χ0) is 32.6. The van der Waals surface area contributed by atoms with Crippen LogP contribution in [0.25, 0.3) is 5.76 Å². The quantitative estimate of drug-likeness (QED) is 0.243. The molecule has 3 aliphatic carbocycles. The zero-order valence-corrected chi connectivity index (χ0v) is 26.2. The molecule has 1 spiro atoms. The van der Waals surface area contributed by atoms with Gasteiger partial charge in [0, 0.05) is 43.2 Å². The SMILES string of the molecule is CN(C)c1cc(C#CCC(C)(N)Cc2ccccc2)c(O)c2c1C[C@H]1C[C@H]3[C@H](N(C)C)C(O)=C(C(N)=O)C4O[C@@]43C(=O)C1=C2O. The van der Waals surface area contributed by atoms with Crippen molar-refractivity contribution in [1.29, 1.82) is 0 Å². The summed E-state index contributed by atoms with van der Waals surface area (Å²) in [6.45, 7) is 1.93. The average Bonchev–Trinajstić information content (AvgIpc) is 3.69. The minimum absolute atomic E-state index is 0.109. The fraction of sp³-hybridized carbons (Fsp3) is 0.429. The Bertz CT molecular complexity index is 1730. The number of aliphatic hydroxyl groups excluding tert-OH is 2. The Kier molecular flexibility index (Phi) is 7.27. The van der Waals surface area contributed by atoms with Crippen molar-refractivity contribution in [1.82, 2.24) is 4.90 Å². The van der Waals surface area contributed by atoms with E-state index in [1.54, 1.807) is 25.1 Å². The van der Waals surface area contributed by atoms with Crippen molar-refractivity contribution in [2.75, 3.05) is 33.1 Å². The first-order valence-electron chi connectivity index (χ1n) is 15.1. The number of likely N-dealkylation sites (N-methyl/N-ethyl adjacent to an activating group) is 1. The van der Waals surface area contributed by atoms with E-state index in [0.29, 0.717) is 36.8 Å². The summed E-state index contributed by atoms with van der Waals surface area (Å²) in [4.78, 5) is 30.3. The van der Waals surface area contributed by atoms with Crippen LogP contribution in [0.5, 0.6) is 5.75 Å². The lowest BCUT2D eigenvalue weighted by Gasteiger charge is -2.45. The van der Waals surface area contributed by atoms with E-state index in [1.165, 1.54) is 0 Å². The predicted molar refractivity (Wildman–Crippen MR) is 170 cm³/mol. The minimum atomic E-state index is -1.43. The van der Waals surface area contributed by atoms with E-state index in [2.05, 4.69) is 11.8 Å². The summed E-state index contributed by atoms with van der Waals surface area (Å²) in [5.74, 6) is 3.32. The van der Waals surface area contributed by atoms with E-state index in [4.69, 9.17) is 16.2 Å². The van der Waals surface area contributed by atoms with Crippen molar-refractivity contribution in [2.24, 2.45) is 23.3 Å². The Morgan fingerprint density at radius 3 is 2.47 bits per heavy atom. The number of amides is 1. The first-order chi connectivity index (χ1) is 21.2. The van der Waals surface area contributed by atoms with Gasteiger partial charge in [-0.15, -0.1) is 0 Å². The number of phenols is 1. The molecule has 45 heavy (non-hydrogen) atoms. The maximum Gasteiger partial charge on any atom is 0.250 e. The zero-order valence-electron chi connectivity index (χ0n) is 26.2. The van der Waals surface area contributed by atoms with Gasteiger partial charge in [0.25, 0.3) is 5.91 Å². The number of carbonyl (C=O) groups is 2. The number of carbonyl (C=O) groups excluding carboxylic acids is 2. The maximum atomic E-state index is 14.3. The van der Waals surface area contributed by atoms with Crippen molar-refractivity contribution in [3.05, 3.63) is 75.6 Å². The number of Topliss-reactive ketones (excluding diaryl/α,β-unsaturated/α-hetero) is 1. The Morgan fingerprint density at radius 1 is 1.16 bits per heavy atom. The molecule has 10 nitrogen and oxygen atoms in total. The molecule has 1 saturated carbocycles. The molecule has 2 unspecified atom stereocenters. The van der Waals surface area contributed by atoms with E-state index in [1.807, 2.05) is 56.3 Å². The molecule has 2 aromatic carbocycles. The number of fused-ring (bicyclic) bond motifs is 2. The van der Waals surface area contributed by atoms with Gasteiger partial charge in [-0.25, -0.2) is 0 Å². The number of anilines is 1. The van der Waals surface area contributed by atoms with Crippen LogP contribution in [0.2, 0.25) is 0 Å². The van der Waals surface area contributed by atoms with Crippen molar-refractivity contribution in [2.45, 2.75) is 55.9 Å². The molecule has 0 aromatic heterocycles.